The topological polar surface area (TPSA) is 90.5 Å². The summed E-state index contributed by atoms with van der Waals surface area (Å²) < 4.78 is 0. The van der Waals surface area contributed by atoms with Crippen LogP contribution in [-0.4, -0.2) is 72.3 Å². The van der Waals surface area contributed by atoms with Gasteiger partial charge in [0.1, 0.15) is 23.7 Å². The molecular weight excluding hydrogens is 390 g/mol. The second-order valence-electron chi connectivity index (χ2n) is 7.76. The standard InChI is InChI=1S/C22H27N9/c23-20-21(30-13-9-28(10-14-30)18-5-1-3-7-24-18)26-17-27-22(20)31-15-11-29(12-16-31)19-6-2-4-8-25-19/h1-8,17H,9-16,23H2. The number of rotatable bonds is 4. The first-order valence-electron chi connectivity index (χ1n) is 10.7. The van der Waals surface area contributed by atoms with Gasteiger partial charge in [-0.2, -0.15) is 0 Å². The lowest BCUT2D eigenvalue weighted by molar-refractivity contribution is 0.634. The zero-order valence-corrected chi connectivity index (χ0v) is 17.5. The van der Waals surface area contributed by atoms with Crippen LogP contribution in [0.5, 0.6) is 0 Å². The lowest BCUT2D eigenvalue weighted by Crippen LogP contribution is -2.48. The van der Waals surface area contributed by atoms with Crippen molar-refractivity contribution in [3.05, 3.63) is 55.1 Å². The van der Waals surface area contributed by atoms with Gasteiger partial charge in [0.25, 0.3) is 0 Å². The quantitative estimate of drug-likeness (QED) is 0.678. The molecule has 0 spiro atoms. The van der Waals surface area contributed by atoms with Gasteiger partial charge in [-0.1, -0.05) is 12.1 Å². The minimum absolute atomic E-state index is 0.667. The van der Waals surface area contributed by atoms with E-state index in [1.54, 1.807) is 6.33 Å². The highest BCUT2D eigenvalue weighted by Crippen LogP contribution is 2.30. The van der Waals surface area contributed by atoms with E-state index in [0.717, 1.165) is 75.6 Å². The Morgan fingerprint density at radius 2 is 0.968 bits per heavy atom. The zero-order chi connectivity index (χ0) is 21.0. The Morgan fingerprint density at radius 1 is 0.548 bits per heavy atom. The van der Waals surface area contributed by atoms with E-state index in [0.29, 0.717) is 5.69 Å². The smallest absolute Gasteiger partial charge is 0.157 e. The number of nitrogen functional groups attached to an aromatic ring is 1. The van der Waals surface area contributed by atoms with Gasteiger partial charge < -0.3 is 25.3 Å². The van der Waals surface area contributed by atoms with Crippen LogP contribution in [0.3, 0.4) is 0 Å². The molecule has 0 aliphatic carbocycles. The molecule has 9 nitrogen and oxygen atoms in total. The van der Waals surface area contributed by atoms with Gasteiger partial charge in [-0.25, -0.2) is 19.9 Å². The summed E-state index contributed by atoms with van der Waals surface area (Å²) in [6, 6.07) is 12.0. The molecule has 5 heterocycles. The van der Waals surface area contributed by atoms with Gasteiger partial charge in [-0.15, -0.1) is 0 Å². The molecule has 2 N–H and O–H groups in total. The first kappa shape index (κ1) is 19.3. The Balaban J connectivity index is 1.25. The van der Waals surface area contributed by atoms with Crippen molar-refractivity contribution in [2.24, 2.45) is 0 Å². The Kier molecular flexibility index (Phi) is 5.39. The Labute approximate surface area is 182 Å². The van der Waals surface area contributed by atoms with Crippen LogP contribution in [0.25, 0.3) is 0 Å². The number of hydrogen-bond donors (Lipinski definition) is 1. The van der Waals surface area contributed by atoms with Crippen LogP contribution < -0.4 is 25.3 Å². The van der Waals surface area contributed by atoms with E-state index in [2.05, 4.69) is 51.7 Å². The maximum absolute atomic E-state index is 6.58. The molecule has 9 heteroatoms. The van der Waals surface area contributed by atoms with E-state index in [4.69, 9.17) is 5.73 Å². The Hall–Kier alpha value is -3.62. The van der Waals surface area contributed by atoms with Crippen molar-refractivity contribution in [3.8, 4) is 0 Å². The third-order valence-corrected chi connectivity index (χ3v) is 5.95. The van der Waals surface area contributed by atoms with E-state index in [9.17, 15) is 0 Å². The third kappa shape index (κ3) is 4.03. The summed E-state index contributed by atoms with van der Waals surface area (Å²) in [5, 5.41) is 0. The van der Waals surface area contributed by atoms with Gasteiger partial charge in [0.05, 0.1) is 0 Å². The average molecular weight is 418 g/mol. The van der Waals surface area contributed by atoms with Crippen molar-refractivity contribution < 1.29 is 0 Å². The fraction of sp³-hybridized carbons (Fsp3) is 0.364. The molecule has 3 aromatic heterocycles. The summed E-state index contributed by atoms with van der Waals surface area (Å²) in [5.74, 6) is 3.70. The number of hydrogen-bond acceptors (Lipinski definition) is 9. The Bertz CT molecular complexity index is 905. The summed E-state index contributed by atoms with van der Waals surface area (Å²) >= 11 is 0. The van der Waals surface area contributed by atoms with Crippen molar-refractivity contribution in [2.75, 3.05) is 77.7 Å². The van der Waals surface area contributed by atoms with Crippen LogP contribution in [-0.2, 0) is 0 Å². The normalized spacial score (nSPS) is 17.2. The maximum Gasteiger partial charge on any atom is 0.157 e. The molecule has 0 unspecified atom stereocenters. The summed E-state index contributed by atoms with van der Waals surface area (Å²) in [5.41, 5.74) is 7.24. The number of piperazine rings is 2. The van der Waals surface area contributed by atoms with Crippen molar-refractivity contribution in [1.29, 1.82) is 0 Å². The van der Waals surface area contributed by atoms with Crippen LogP contribution >= 0.6 is 0 Å². The molecule has 0 saturated carbocycles. The molecule has 5 rings (SSSR count). The van der Waals surface area contributed by atoms with Crippen molar-refractivity contribution >= 4 is 29.0 Å². The average Bonchev–Trinajstić information content (AvgIpc) is 2.86. The highest BCUT2D eigenvalue weighted by Gasteiger charge is 2.25. The molecule has 0 amide bonds. The molecule has 2 aliphatic heterocycles. The van der Waals surface area contributed by atoms with Crippen LogP contribution in [0.1, 0.15) is 0 Å². The number of pyridine rings is 2. The molecule has 3 aromatic rings. The number of aromatic nitrogens is 4. The van der Waals surface area contributed by atoms with Gasteiger partial charge >= 0.3 is 0 Å². The summed E-state index contributed by atoms with van der Waals surface area (Å²) in [4.78, 5) is 27.1. The van der Waals surface area contributed by atoms with E-state index in [-0.39, 0.29) is 0 Å². The van der Waals surface area contributed by atoms with E-state index < -0.39 is 0 Å². The second kappa shape index (κ2) is 8.63. The molecule has 160 valence electrons. The Morgan fingerprint density at radius 3 is 1.35 bits per heavy atom. The summed E-state index contributed by atoms with van der Waals surface area (Å²) in [6.07, 6.45) is 5.31. The molecule has 2 aliphatic rings. The van der Waals surface area contributed by atoms with Crippen molar-refractivity contribution in [2.45, 2.75) is 0 Å². The SMILES string of the molecule is Nc1c(N2CCN(c3ccccn3)CC2)ncnc1N1CCN(c2ccccn2)CC1. The lowest BCUT2D eigenvalue weighted by Gasteiger charge is -2.38. The van der Waals surface area contributed by atoms with Crippen LogP contribution in [0.2, 0.25) is 0 Å². The highest BCUT2D eigenvalue weighted by molar-refractivity contribution is 5.76. The first-order chi connectivity index (χ1) is 15.3. The van der Waals surface area contributed by atoms with Crippen LogP contribution in [0.15, 0.2) is 55.1 Å². The lowest BCUT2D eigenvalue weighted by atomic mass is 10.2. The molecule has 31 heavy (non-hydrogen) atoms. The van der Waals surface area contributed by atoms with E-state index >= 15 is 0 Å². The van der Waals surface area contributed by atoms with Crippen molar-refractivity contribution in [1.82, 2.24) is 19.9 Å². The van der Waals surface area contributed by atoms with Gasteiger partial charge in [0.2, 0.25) is 0 Å². The van der Waals surface area contributed by atoms with Gasteiger partial charge in [0.15, 0.2) is 11.6 Å². The van der Waals surface area contributed by atoms with Gasteiger partial charge in [0, 0.05) is 64.8 Å². The molecule has 2 saturated heterocycles. The first-order valence-corrected chi connectivity index (χ1v) is 10.7. The van der Waals surface area contributed by atoms with Gasteiger partial charge in [-0.3, -0.25) is 0 Å². The maximum atomic E-state index is 6.58. The second-order valence-corrected chi connectivity index (χ2v) is 7.76. The van der Waals surface area contributed by atoms with E-state index in [1.807, 2.05) is 36.7 Å². The largest absolute Gasteiger partial charge is 0.393 e. The van der Waals surface area contributed by atoms with E-state index in [1.165, 1.54) is 0 Å². The molecule has 2 fully saturated rings. The fourth-order valence-corrected chi connectivity index (χ4v) is 4.26. The predicted molar refractivity (Wildman–Crippen MR) is 124 cm³/mol. The monoisotopic (exact) mass is 417 g/mol. The molecular formula is C22H27N9. The zero-order valence-electron chi connectivity index (χ0n) is 17.5. The highest BCUT2D eigenvalue weighted by atomic mass is 15.3. The number of nitrogens with zero attached hydrogens (tertiary/aromatic N) is 8. The number of nitrogens with two attached hydrogens (primary N) is 1. The minimum atomic E-state index is 0.667. The molecule has 0 atom stereocenters. The minimum Gasteiger partial charge on any atom is -0.393 e. The predicted octanol–water partition coefficient (Wildman–Crippen LogP) is 1.50. The van der Waals surface area contributed by atoms with Crippen molar-refractivity contribution in [3.63, 3.8) is 0 Å². The molecule has 0 aromatic carbocycles. The third-order valence-electron chi connectivity index (χ3n) is 5.95. The molecule has 0 bridgehead atoms. The summed E-state index contributed by atoms with van der Waals surface area (Å²) in [6.45, 7) is 6.96. The van der Waals surface area contributed by atoms with Crippen LogP contribution in [0.4, 0.5) is 29.0 Å². The number of anilines is 5. The molecule has 0 radical (unpaired) electrons. The summed E-state index contributed by atoms with van der Waals surface area (Å²) in [7, 11) is 0. The fourth-order valence-electron chi connectivity index (χ4n) is 4.26. The van der Waals surface area contributed by atoms with Crippen LogP contribution in [0, 0.1) is 0 Å². The van der Waals surface area contributed by atoms with Gasteiger partial charge in [-0.05, 0) is 24.3 Å².